The molecule has 4 rings (SSSR count). The van der Waals surface area contributed by atoms with E-state index in [2.05, 4.69) is 39.1 Å². The highest BCUT2D eigenvalue weighted by Crippen LogP contribution is 2.18. The van der Waals surface area contributed by atoms with E-state index in [1.807, 2.05) is 0 Å². The monoisotopic (exact) mass is 306 g/mol. The molecule has 116 valence electrons. The van der Waals surface area contributed by atoms with Crippen LogP contribution < -0.4 is 5.56 Å². The largest absolute Gasteiger partial charge is 0.297 e. The maximum atomic E-state index is 12.5. The first-order chi connectivity index (χ1) is 11.3. The third-order valence-electron chi connectivity index (χ3n) is 4.49. The van der Waals surface area contributed by atoms with Crippen molar-refractivity contribution in [2.75, 3.05) is 13.1 Å². The second-order valence-corrected chi connectivity index (χ2v) is 5.93. The molecule has 3 heterocycles. The van der Waals surface area contributed by atoms with Crippen molar-refractivity contribution in [1.29, 1.82) is 0 Å². The fraction of sp³-hybridized carbons (Fsp3) is 0.278. The average Bonchev–Trinajstić information content (AvgIpc) is 2.61. The molecule has 0 aliphatic carbocycles. The van der Waals surface area contributed by atoms with Gasteiger partial charge in [0, 0.05) is 38.6 Å². The van der Waals surface area contributed by atoms with Gasteiger partial charge in [0.15, 0.2) is 0 Å². The molecule has 0 amide bonds. The second kappa shape index (κ2) is 5.93. The van der Waals surface area contributed by atoms with Crippen LogP contribution in [0.15, 0.2) is 53.8 Å². The second-order valence-electron chi connectivity index (χ2n) is 5.93. The van der Waals surface area contributed by atoms with Gasteiger partial charge in [-0.15, -0.1) is 0 Å². The number of fused-ring (bicyclic) bond motifs is 2. The van der Waals surface area contributed by atoms with Gasteiger partial charge in [-0.05, 0) is 23.6 Å². The number of benzene rings is 1. The molecule has 0 N–H and O–H groups in total. The average molecular weight is 306 g/mol. The Morgan fingerprint density at radius 3 is 2.87 bits per heavy atom. The first-order valence-corrected chi connectivity index (χ1v) is 7.89. The number of hydrogen-bond acceptors (Lipinski definition) is 4. The van der Waals surface area contributed by atoms with Gasteiger partial charge < -0.3 is 0 Å². The lowest BCUT2D eigenvalue weighted by molar-refractivity contribution is 0.243. The maximum Gasteiger partial charge on any atom is 0.262 e. The van der Waals surface area contributed by atoms with Crippen LogP contribution in [0.3, 0.4) is 0 Å². The molecule has 0 radical (unpaired) electrons. The fourth-order valence-electron chi connectivity index (χ4n) is 3.16. The van der Waals surface area contributed by atoms with E-state index in [1.165, 1.54) is 11.1 Å². The summed E-state index contributed by atoms with van der Waals surface area (Å²) >= 11 is 0. The molecule has 0 bridgehead atoms. The van der Waals surface area contributed by atoms with Crippen molar-refractivity contribution in [2.45, 2.75) is 19.5 Å². The summed E-state index contributed by atoms with van der Waals surface area (Å²) in [6, 6.07) is 10.4. The van der Waals surface area contributed by atoms with E-state index < -0.39 is 0 Å². The molecular weight excluding hydrogens is 288 g/mol. The van der Waals surface area contributed by atoms with Crippen LogP contribution >= 0.6 is 0 Å². The minimum Gasteiger partial charge on any atom is -0.297 e. The highest BCUT2D eigenvalue weighted by atomic mass is 16.1. The third kappa shape index (κ3) is 2.75. The molecular formula is C18H18N4O. The highest BCUT2D eigenvalue weighted by Gasteiger charge is 2.15. The summed E-state index contributed by atoms with van der Waals surface area (Å²) in [6.45, 7) is 3.49. The van der Waals surface area contributed by atoms with E-state index >= 15 is 0 Å². The van der Waals surface area contributed by atoms with E-state index in [0.29, 0.717) is 17.4 Å². The number of hydrogen-bond donors (Lipinski definition) is 0. The Labute approximate surface area is 134 Å². The molecule has 1 aromatic carbocycles. The molecule has 23 heavy (non-hydrogen) atoms. The van der Waals surface area contributed by atoms with Gasteiger partial charge in [0.1, 0.15) is 0 Å². The predicted octanol–water partition coefficient (Wildman–Crippen LogP) is 1.85. The van der Waals surface area contributed by atoms with Gasteiger partial charge >= 0.3 is 0 Å². The van der Waals surface area contributed by atoms with Gasteiger partial charge in [0.05, 0.1) is 17.2 Å². The van der Waals surface area contributed by atoms with E-state index in [0.717, 1.165) is 26.1 Å². The van der Waals surface area contributed by atoms with Gasteiger partial charge in [-0.2, -0.15) is 0 Å². The minimum atomic E-state index is -0.0134. The van der Waals surface area contributed by atoms with Crippen molar-refractivity contribution in [1.82, 2.24) is 19.4 Å². The van der Waals surface area contributed by atoms with Gasteiger partial charge in [-0.1, -0.05) is 24.3 Å². The molecule has 2 aromatic heterocycles. The van der Waals surface area contributed by atoms with E-state index in [1.54, 1.807) is 29.4 Å². The van der Waals surface area contributed by atoms with Gasteiger partial charge in [-0.25, -0.2) is 4.98 Å². The van der Waals surface area contributed by atoms with Crippen molar-refractivity contribution in [3.05, 3.63) is 70.5 Å². The summed E-state index contributed by atoms with van der Waals surface area (Å²) in [5.41, 5.74) is 3.53. The van der Waals surface area contributed by atoms with Crippen molar-refractivity contribution >= 4 is 10.9 Å². The van der Waals surface area contributed by atoms with Gasteiger partial charge in [-0.3, -0.25) is 19.2 Å². The number of nitrogens with zero attached hydrogens (tertiary/aromatic N) is 4. The van der Waals surface area contributed by atoms with Crippen LogP contribution in [-0.2, 0) is 19.5 Å². The van der Waals surface area contributed by atoms with Crippen LogP contribution in [0, 0.1) is 0 Å². The molecule has 5 nitrogen and oxygen atoms in total. The molecule has 1 aliphatic rings. The maximum absolute atomic E-state index is 12.5. The van der Waals surface area contributed by atoms with Crippen molar-refractivity contribution in [3.8, 4) is 0 Å². The smallest absolute Gasteiger partial charge is 0.262 e. The third-order valence-corrected chi connectivity index (χ3v) is 4.49. The van der Waals surface area contributed by atoms with Crippen LogP contribution in [0.1, 0.15) is 11.1 Å². The number of pyridine rings is 1. The van der Waals surface area contributed by atoms with Crippen molar-refractivity contribution in [3.63, 3.8) is 0 Å². The Morgan fingerprint density at radius 2 is 1.96 bits per heavy atom. The molecule has 0 atom stereocenters. The lowest BCUT2D eigenvalue weighted by Gasteiger charge is -2.28. The molecule has 0 unspecified atom stereocenters. The highest BCUT2D eigenvalue weighted by molar-refractivity contribution is 5.75. The first-order valence-electron chi connectivity index (χ1n) is 7.89. The van der Waals surface area contributed by atoms with Crippen LogP contribution in [-0.4, -0.2) is 32.5 Å². The van der Waals surface area contributed by atoms with Crippen LogP contribution in [0.4, 0.5) is 0 Å². The van der Waals surface area contributed by atoms with E-state index in [9.17, 15) is 4.79 Å². The van der Waals surface area contributed by atoms with E-state index in [4.69, 9.17) is 0 Å². The molecule has 0 fully saturated rings. The van der Waals surface area contributed by atoms with Crippen molar-refractivity contribution < 1.29 is 0 Å². The van der Waals surface area contributed by atoms with Crippen LogP contribution in [0.25, 0.3) is 10.9 Å². The minimum absolute atomic E-state index is 0.0134. The van der Waals surface area contributed by atoms with Crippen molar-refractivity contribution in [2.24, 2.45) is 0 Å². The number of aromatic nitrogens is 3. The zero-order valence-corrected chi connectivity index (χ0v) is 12.9. The summed E-state index contributed by atoms with van der Waals surface area (Å²) in [4.78, 5) is 23.2. The molecule has 3 aromatic rings. The summed E-state index contributed by atoms with van der Waals surface area (Å²) in [5.74, 6) is 0. The van der Waals surface area contributed by atoms with Crippen LogP contribution in [0.5, 0.6) is 0 Å². The van der Waals surface area contributed by atoms with Gasteiger partial charge in [0.2, 0.25) is 0 Å². The topological polar surface area (TPSA) is 51.0 Å². The van der Waals surface area contributed by atoms with Crippen LogP contribution in [0.2, 0.25) is 0 Å². The van der Waals surface area contributed by atoms with E-state index in [-0.39, 0.29) is 5.56 Å². The summed E-state index contributed by atoms with van der Waals surface area (Å²) in [5, 5.41) is 0.582. The molecule has 1 aliphatic heterocycles. The quantitative estimate of drug-likeness (QED) is 0.741. The Kier molecular flexibility index (Phi) is 3.63. The standard InChI is InChI=1S/C18H18N4O/c23-18-16-11-19-7-5-17(16)20-13-22(18)10-9-21-8-6-14-3-1-2-4-15(14)12-21/h1-5,7,11,13H,6,8-10,12H2. The SMILES string of the molecule is O=c1c2cnccc2ncn1CCN1CCc2ccccc2C1. The summed E-state index contributed by atoms with van der Waals surface area (Å²) in [6.07, 6.45) is 5.97. The Balaban J connectivity index is 1.50. The zero-order chi connectivity index (χ0) is 15.6. The number of rotatable bonds is 3. The lowest BCUT2D eigenvalue weighted by atomic mass is 10.00. The fourth-order valence-corrected chi connectivity index (χ4v) is 3.16. The normalized spacial score (nSPS) is 14.8. The Bertz CT molecular complexity index is 903. The zero-order valence-electron chi connectivity index (χ0n) is 12.9. The molecule has 0 spiro atoms. The molecule has 0 saturated heterocycles. The summed E-state index contributed by atoms with van der Waals surface area (Å²) < 4.78 is 1.69. The Hall–Kier alpha value is -2.53. The lowest BCUT2D eigenvalue weighted by Crippen LogP contribution is -2.35. The van der Waals surface area contributed by atoms with Gasteiger partial charge in [0.25, 0.3) is 5.56 Å². The molecule has 5 heteroatoms. The first kappa shape index (κ1) is 14.1. The predicted molar refractivity (Wildman–Crippen MR) is 89.2 cm³/mol. The summed E-state index contributed by atoms with van der Waals surface area (Å²) in [7, 11) is 0. The Morgan fingerprint density at radius 1 is 1.09 bits per heavy atom. The molecule has 0 saturated carbocycles.